The molecule has 4 rings (SSSR count). The lowest BCUT2D eigenvalue weighted by atomic mass is 9.96. The van der Waals surface area contributed by atoms with Crippen LogP contribution in [0.2, 0.25) is 10.0 Å². The minimum absolute atomic E-state index is 0.0224. The van der Waals surface area contributed by atoms with Crippen LogP contribution in [-0.2, 0) is 4.79 Å². The maximum Gasteiger partial charge on any atom is 0.227 e. The minimum Gasteiger partial charge on any atom is -0.355 e. The van der Waals surface area contributed by atoms with Crippen LogP contribution < -0.4 is 10.2 Å². The van der Waals surface area contributed by atoms with Crippen molar-refractivity contribution in [3.8, 4) is 11.3 Å². The number of carbonyl (C=O) groups is 1. The van der Waals surface area contributed by atoms with E-state index in [0.29, 0.717) is 47.4 Å². The zero-order valence-corrected chi connectivity index (χ0v) is 17.5. The fraction of sp³-hybridized carbons (Fsp3) is 0.227. The molecule has 8 heteroatoms. The van der Waals surface area contributed by atoms with E-state index in [0.717, 1.165) is 11.4 Å². The Morgan fingerprint density at radius 2 is 1.70 bits per heavy atom. The Hall–Kier alpha value is -2.70. The Balaban J connectivity index is 1.34. The molecule has 1 N–H and O–H groups in total. The van der Waals surface area contributed by atoms with E-state index in [1.807, 2.05) is 12.1 Å². The van der Waals surface area contributed by atoms with Crippen molar-refractivity contribution in [2.24, 2.45) is 5.92 Å². The molecule has 0 unspecified atom stereocenters. The van der Waals surface area contributed by atoms with Gasteiger partial charge in [-0.1, -0.05) is 23.2 Å². The molecular weight excluding hydrogens is 426 g/mol. The van der Waals surface area contributed by atoms with E-state index >= 15 is 0 Å². The van der Waals surface area contributed by atoms with Gasteiger partial charge in [0.1, 0.15) is 5.82 Å². The average molecular weight is 445 g/mol. The smallest absolute Gasteiger partial charge is 0.227 e. The van der Waals surface area contributed by atoms with Crippen LogP contribution in [0, 0.1) is 11.7 Å². The Labute approximate surface area is 183 Å². The molecule has 0 spiro atoms. The normalized spacial score (nSPS) is 14.6. The number of hydrogen-bond donors (Lipinski definition) is 1. The molecule has 0 aliphatic carbocycles. The van der Waals surface area contributed by atoms with Crippen LogP contribution in [0.4, 0.5) is 15.9 Å². The van der Waals surface area contributed by atoms with Crippen molar-refractivity contribution < 1.29 is 9.18 Å². The largest absolute Gasteiger partial charge is 0.355 e. The van der Waals surface area contributed by atoms with Gasteiger partial charge in [-0.3, -0.25) is 4.79 Å². The van der Waals surface area contributed by atoms with Gasteiger partial charge < -0.3 is 10.2 Å². The topological polar surface area (TPSA) is 58.1 Å². The van der Waals surface area contributed by atoms with E-state index in [2.05, 4.69) is 20.4 Å². The van der Waals surface area contributed by atoms with Crippen LogP contribution in [0.15, 0.2) is 54.6 Å². The molecule has 2 heterocycles. The van der Waals surface area contributed by atoms with Gasteiger partial charge in [0.25, 0.3) is 0 Å². The van der Waals surface area contributed by atoms with Gasteiger partial charge in [-0.2, -0.15) is 0 Å². The lowest BCUT2D eigenvalue weighted by Crippen LogP contribution is -2.38. The Kier molecular flexibility index (Phi) is 6.16. The van der Waals surface area contributed by atoms with Crippen molar-refractivity contribution in [1.82, 2.24) is 10.2 Å². The number of benzene rings is 2. The predicted octanol–water partition coefficient (Wildman–Crippen LogP) is 5.44. The molecule has 1 aliphatic heterocycles. The van der Waals surface area contributed by atoms with E-state index in [9.17, 15) is 9.18 Å². The SMILES string of the molecule is O=C(Nc1ccc(Cl)c(Cl)c1)C1CCN(c2ccc(-c3ccc(F)cc3)nn2)CC1. The summed E-state index contributed by atoms with van der Waals surface area (Å²) in [5.41, 5.74) is 2.14. The summed E-state index contributed by atoms with van der Waals surface area (Å²) >= 11 is 11.9. The highest BCUT2D eigenvalue weighted by Crippen LogP contribution is 2.27. The first-order valence-electron chi connectivity index (χ1n) is 9.60. The third-order valence-corrected chi connectivity index (χ3v) is 5.91. The first kappa shape index (κ1) is 20.6. The van der Waals surface area contributed by atoms with Gasteiger partial charge in [0, 0.05) is 30.3 Å². The molecule has 0 saturated carbocycles. The highest BCUT2D eigenvalue weighted by molar-refractivity contribution is 6.42. The summed E-state index contributed by atoms with van der Waals surface area (Å²) in [6, 6.07) is 15.0. The van der Waals surface area contributed by atoms with Crippen molar-refractivity contribution >= 4 is 40.6 Å². The molecule has 30 heavy (non-hydrogen) atoms. The molecule has 5 nitrogen and oxygen atoms in total. The van der Waals surface area contributed by atoms with Crippen molar-refractivity contribution in [2.75, 3.05) is 23.3 Å². The van der Waals surface area contributed by atoms with Crippen molar-refractivity contribution in [1.29, 1.82) is 0 Å². The number of hydrogen-bond acceptors (Lipinski definition) is 4. The molecule has 1 saturated heterocycles. The molecule has 0 radical (unpaired) electrons. The van der Waals surface area contributed by atoms with E-state index < -0.39 is 0 Å². The quantitative estimate of drug-likeness (QED) is 0.581. The summed E-state index contributed by atoms with van der Waals surface area (Å²) in [6.07, 6.45) is 1.43. The number of nitrogens with zero attached hydrogens (tertiary/aromatic N) is 3. The number of nitrogens with one attached hydrogen (secondary N) is 1. The monoisotopic (exact) mass is 444 g/mol. The lowest BCUT2D eigenvalue weighted by Gasteiger charge is -2.31. The molecule has 1 aromatic heterocycles. The third kappa shape index (κ3) is 4.71. The second-order valence-corrected chi connectivity index (χ2v) is 7.98. The number of piperidine rings is 1. The minimum atomic E-state index is -0.283. The summed E-state index contributed by atoms with van der Waals surface area (Å²) in [5, 5.41) is 12.3. The van der Waals surface area contributed by atoms with Gasteiger partial charge in [0.05, 0.1) is 15.7 Å². The fourth-order valence-corrected chi connectivity index (χ4v) is 3.76. The molecule has 1 aliphatic rings. The highest BCUT2D eigenvalue weighted by Gasteiger charge is 2.26. The zero-order chi connectivity index (χ0) is 21.1. The van der Waals surface area contributed by atoms with Crippen molar-refractivity contribution in [3.05, 3.63) is 70.5 Å². The highest BCUT2D eigenvalue weighted by atomic mass is 35.5. The summed E-state index contributed by atoms with van der Waals surface area (Å²) < 4.78 is 13.1. The summed E-state index contributed by atoms with van der Waals surface area (Å²) in [5.74, 6) is 0.381. The second kappa shape index (κ2) is 8.98. The Bertz CT molecular complexity index is 1040. The lowest BCUT2D eigenvalue weighted by molar-refractivity contribution is -0.120. The Morgan fingerprint density at radius 3 is 2.33 bits per heavy atom. The predicted molar refractivity (Wildman–Crippen MR) is 117 cm³/mol. The molecule has 0 atom stereocenters. The van der Waals surface area contributed by atoms with Gasteiger partial charge in [-0.25, -0.2) is 4.39 Å². The van der Waals surface area contributed by atoms with E-state index in [1.165, 1.54) is 12.1 Å². The first-order chi connectivity index (χ1) is 14.5. The summed E-state index contributed by atoms with van der Waals surface area (Å²) in [4.78, 5) is 14.7. The van der Waals surface area contributed by atoms with Gasteiger partial charge in [0.2, 0.25) is 5.91 Å². The van der Waals surface area contributed by atoms with Gasteiger partial charge in [-0.15, -0.1) is 10.2 Å². The van der Waals surface area contributed by atoms with Gasteiger partial charge >= 0.3 is 0 Å². The molecule has 154 valence electrons. The molecule has 1 fully saturated rings. The number of aromatic nitrogens is 2. The molecule has 3 aromatic rings. The Morgan fingerprint density at radius 1 is 0.967 bits per heavy atom. The summed E-state index contributed by atoms with van der Waals surface area (Å²) in [6.45, 7) is 1.42. The van der Waals surface area contributed by atoms with Crippen LogP contribution in [0.25, 0.3) is 11.3 Å². The molecule has 1 amide bonds. The molecule has 2 aromatic carbocycles. The maximum atomic E-state index is 13.1. The standard InChI is InChI=1S/C22H19Cl2FN4O/c23-18-6-5-17(13-19(18)24)26-22(30)15-9-11-29(12-10-15)21-8-7-20(27-28-21)14-1-3-16(25)4-2-14/h1-8,13,15H,9-12H2,(H,26,30). The number of amides is 1. The first-order valence-corrected chi connectivity index (χ1v) is 10.4. The van der Waals surface area contributed by atoms with Crippen LogP contribution in [0.3, 0.4) is 0 Å². The van der Waals surface area contributed by atoms with E-state index in [1.54, 1.807) is 30.3 Å². The van der Waals surface area contributed by atoms with Crippen LogP contribution >= 0.6 is 23.2 Å². The number of carbonyl (C=O) groups excluding carboxylic acids is 1. The van der Waals surface area contributed by atoms with Crippen LogP contribution in [0.1, 0.15) is 12.8 Å². The second-order valence-electron chi connectivity index (χ2n) is 7.16. The fourth-order valence-electron chi connectivity index (χ4n) is 3.46. The summed E-state index contributed by atoms with van der Waals surface area (Å²) in [7, 11) is 0. The molecular formula is C22H19Cl2FN4O. The number of anilines is 2. The average Bonchev–Trinajstić information content (AvgIpc) is 2.77. The van der Waals surface area contributed by atoms with Crippen molar-refractivity contribution in [3.63, 3.8) is 0 Å². The molecule has 0 bridgehead atoms. The van der Waals surface area contributed by atoms with Gasteiger partial charge in [-0.05, 0) is 67.4 Å². The number of halogens is 3. The number of rotatable bonds is 4. The van der Waals surface area contributed by atoms with Crippen molar-refractivity contribution in [2.45, 2.75) is 12.8 Å². The van der Waals surface area contributed by atoms with Crippen LogP contribution in [0.5, 0.6) is 0 Å². The van der Waals surface area contributed by atoms with Crippen LogP contribution in [-0.4, -0.2) is 29.2 Å². The maximum absolute atomic E-state index is 13.1. The van der Waals surface area contributed by atoms with E-state index in [4.69, 9.17) is 23.2 Å². The zero-order valence-electron chi connectivity index (χ0n) is 16.0. The van der Waals surface area contributed by atoms with Gasteiger partial charge in [0.15, 0.2) is 5.82 Å². The van der Waals surface area contributed by atoms with E-state index in [-0.39, 0.29) is 17.6 Å². The third-order valence-electron chi connectivity index (χ3n) is 5.17.